The number of hydrogen-bond donors (Lipinski definition) is 2. The summed E-state index contributed by atoms with van der Waals surface area (Å²) in [7, 11) is 1.72. The number of rotatable bonds is 8. The molecule has 0 saturated carbocycles. The molecule has 1 rings (SSSR count). The topological polar surface area (TPSA) is 69.6 Å². The summed E-state index contributed by atoms with van der Waals surface area (Å²) in [5.41, 5.74) is 1.09. The average molecular weight is 298 g/mol. The number of thiophene rings is 1. The predicted octanol–water partition coefficient (Wildman–Crippen LogP) is 1.80. The lowest BCUT2D eigenvalue weighted by Gasteiger charge is -2.20. The van der Waals surface area contributed by atoms with Gasteiger partial charge in [-0.2, -0.15) is 11.3 Å². The summed E-state index contributed by atoms with van der Waals surface area (Å²) in [4.78, 5) is 24.6. The molecule has 20 heavy (non-hydrogen) atoms. The molecule has 1 unspecified atom stereocenters. The molecule has 1 aromatic heterocycles. The molecule has 0 aliphatic carbocycles. The maximum absolute atomic E-state index is 12.0. The van der Waals surface area contributed by atoms with Gasteiger partial charge in [0.15, 0.2) is 0 Å². The molecule has 1 aromatic rings. The lowest BCUT2D eigenvalue weighted by atomic mass is 10.0. The summed E-state index contributed by atoms with van der Waals surface area (Å²) in [6.45, 7) is 4.51. The standard InChI is InChI=1S/C14H22N2O3S/c1-10(2)6-12(14(18)19)15-7-13(17)16(3)8-11-4-5-20-9-11/h4-5,9-10,12,15H,6-8H2,1-3H3,(H,18,19). The number of aliphatic carboxylic acids is 1. The zero-order valence-corrected chi connectivity index (χ0v) is 12.9. The Hall–Kier alpha value is -1.40. The van der Waals surface area contributed by atoms with Crippen molar-refractivity contribution in [3.8, 4) is 0 Å². The third kappa shape index (κ3) is 5.71. The molecule has 1 amide bonds. The van der Waals surface area contributed by atoms with Gasteiger partial charge in [-0.3, -0.25) is 14.9 Å². The molecule has 0 saturated heterocycles. The molecular formula is C14H22N2O3S. The maximum Gasteiger partial charge on any atom is 0.320 e. The highest BCUT2D eigenvalue weighted by Crippen LogP contribution is 2.08. The van der Waals surface area contributed by atoms with E-state index >= 15 is 0 Å². The molecule has 1 heterocycles. The SMILES string of the molecule is CC(C)CC(NCC(=O)N(C)Cc1ccsc1)C(=O)O. The van der Waals surface area contributed by atoms with E-state index in [1.54, 1.807) is 23.3 Å². The Kier molecular flexibility index (Phi) is 6.67. The molecule has 0 aliphatic heterocycles. The number of hydrogen-bond acceptors (Lipinski definition) is 4. The average Bonchev–Trinajstić information content (AvgIpc) is 2.85. The highest BCUT2D eigenvalue weighted by molar-refractivity contribution is 7.07. The largest absolute Gasteiger partial charge is 0.480 e. The van der Waals surface area contributed by atoms with Crippen molar-refractivity contribution in [1.82, 2.24) is 10.2 Å². The Morgan fingerprint density at radius 3 is 2.65 bits per heavy atom. The summed E-state index contributed by atoms with van der Waals surface area (Å²) in [6, 6.07) is 1.30. The van der Waals surface area contributed by atoms with E-state index in [-0.39, 0.29) is 18.4 Å². The fourth-order valence-electron chi connectivity index (χ4n) is 1.83. The zero-order chi connectivity index (χ0) is 15.1. The second kappa shape index (κ2) is 8.01. The van der Waals surface area contributed by atoms with Gasteiger partial charge in [0, 0.05) is 13.6 Å². The highest BCUT2D eigenvalue weighted by atomic mass is 32.1. The molecule has 0 aromatic carbocycles. The van der Waals surface area contributed by atoms with E-state index < -0.39 is 12.0 Å². The van der Waals surface area contributed by atoms with Crippen LogP contribution in [-0.2, 0) is 16.1 Å². The van der Waals surface area contributed by atoms with E-state index in [0.29, 0.717) is 13.0 Å². The van der Waals surface area contributed by atoms with Crippen LogP contribution in [0.25, 0.3) is 0 Å². The van der Waals surface area contributed by atoms with E-state index in [4.69, 9.17) is 5.11 Å². The fraction of sp³-hybridized carbons (Fsp3) is 0.571. The number of carboxylic acids is 1. The summed E-state index contributed by atoms with van der Waals surface area (Å²) in [5, 5.41) is 15.9. The second-order valence-corrected chi connectivity index (χ2v) is 6.06. The monoisotopic (exact) mass is 298 g/mol. The third-order valence-corrected chi connectivity index (χ3v) is 3.66. The summed E-state index contributed by atoms with van der Waals surface area (Å²) in [5.74, 6) is -0.750. The Labute approximate surface area is 123 Å². The van der Waals surface area contributed by atoms with Crippen molar-refractivity contribution >= 4 is 23.2 Å². The quantitative estimate of drug-likeness (QED) is 0.768. The lowest BCUT2D eigenvalue weighted by molar-refractivity contribution is -0.140. The van der Waals surface area contributed by atoms with E-state index in [9.17, 15) is 9.59 Å². The first-order chi connectivity index (χ1) is 9.40. The first-order valence-corrected chi connectivity index (χ1v) is 7.55. The van der Waals surface area contributed by atoms with Gasteiger partial charge in [0.1, 0.15) is 6.04 Å². The number of carbonyl (C=O) groups excluding carboxylic acids is 1. The molecule has 0 aliphatic rings. The van der Waals surface area contributed by atoms with Crippen LogP contribution in [0.2, 0.25) is 0 Å². The van der Waals surface area contributed by atoms with Gasteiger partial charge in [0.2, 0.25) is 5.91 Å². The van der Waals surface area contributed by atoms with Crippen LogP contribution in [0.5, 0.6) is 0 Å². The predicted molar refractivity (Wildman–Crippen MR) is 79.7 cm³/mol. The van der Waals surface area contributed by atoms with Crippen LogP contribution in [0.1, 0.15) is 25.8 Å². The maximum atomic E-state index is 12.0. The van der Waals surface area contributed by atoms with Crippen molar-refractivity contribution in [3.63, 3.8) is 0 Å². The molecule has 0 radical (unpaired) electrons. The summed E-state index contributed by atoms with van der Waals surface area (Å²) < 4.78 is 0. The molecule has 0 bridgehead atoms. The van der Waals surface area contributed by atoms with Crippen LogP contribution < -0.4 is 5.32 Å². The summed E-state index contributed by atoms with van der Waals surface area (Å²) >= 11 is 1.59. The molecular weight excluding hydrogens is 276 g/mol. The molecule has 2 N–H and O–H groups in total. The van der Waals surface area contributed by atoms with Crippen LogP contribution in [0.3, 0.4) is 0 Å². The van der Waals surface area contributed by atoms with Crippen LogP contribution in [0, 0.1) is 5.92 Å². The molecule has 112 valence electrons. The van der Waals surface area contributed by atoms with Crippen LogP contribution in [0.15, 0.2) is 16.8 Å². The van der Waals surface area contributed by atoms with E-state index in [1.165, 1.54) is 0 Å². The minimum absolute atomic E-state index is 0.0460. The molecule has 0 spiro atoms. The Morgan fingerprint density at radius 2 is 2.15 bits per heavy atom. The Balaban J connectivity index is 2.42. The third-order valence-electron chi connectivity index (χ3n) is 2.93. The van der Waals surface area contributed by atoms with Gasteiger partial charge >= 0.3 is 5.97 Å². The van der Waals surface area contributed by atoms with Crippen molar-refractivity contribution in [1.29, 1.82) is 0 Å². The van der Waals surface area contributed by atoms with Crippen LogP contribution in [0.4, 0.5) is 0 Å². The first-order valence-electron chi connectivity index (χ1n) is 6.61. The van der Waals surface area contributed by atoms with Gasteiger partial charge in [-0.1, -0.05) is 13.8 Å². The molecule has 0 fully saturated rings. The van der Waals surface area contributed by atoms with Crippen LogP contribution >= 0.6 is 11.3 Å². The van der Waals surface area contributed by atoms with Crippen molar-refractivity contribution in [2.24, 2.45) is 5.92 Å². The number of amides is 1. The van der Waals surface area contributed by atoms with Gasteiger partial charge in [0.05, 0.1) is 6.54 Å². The summed E-state index contributed by atoms with van der Waals surface area (Å²) in [6.07, 6.45) is 0.511. The molecule has 5 nitrogen and oxygen atoms in total. The number of nitrogens with zero attached hydrogens (tertiary/aromatic N) is 1. The van der Waals surface area contributed by atoms with E-state index in [2.05, 4.69) is 5.32 Å². The smallest absolute Gasteiger partial charge is 0.320 e. The highest BCUT2D eigenvalue weighted by Gasteiger charge is 2.20. The molecule has 1 atom stereocenters. The van der Waals surface area contributed by atoms with Crippen molar-refractivity contribution in [2.75, 3.05) is 13.6 Å². The van der Waals surface area contributed by atoms with Gasteiger partial charge < -0.3 is 10.0 Å². The van der Waals surface area contributed by atoms with E-state index in [1.807, 2.05) is 30.7 Å². The Bertz CT molecular complexity index is 432. The van der Waals surface area contributed by atoms with Gasteiger partial charge in [-0.15, -0.1) is 0 Å². The van der Waals surface area contributed by atoms with E-state index in [0.717, 1.165) is 5.56 Å². The van der Waals surface area contributed by atoms with Crippen molar-refractivity contribution < 1.29 is 14.7 Å². The van der Waals surface area contributed by atoms with Crippen LogP contribution in [-0.4, -0.2) is 41.5 Å². The normalized spacial score (nSPS) is 12.4. The van der Waals surface area contributed by atoms with Gasteiger partial charge in [0.25, 0.3) is 0 Å². The second-order valence-electron chi connectivity index (χ2n) is 5.28. The minimum Gasteiger partial charge on any atom is -0.480 e. The lowest BCUT2D eigenvalue weighted by Crippen LogP contribution is -2.44. The number of nitrogens with one attached hydrogen (secondary N) is 1. The van der Waals surface area contributed by atoms with Gasteiger partial charge in [-0.25, -0.2) is 0 Å². The number of carbonyl (C=O) groups is 2. The Morgan fingerprint density at radius 1 is 1.45 bits per heavy atom. The van der Waals surface area contributed by atoms with Gasteiger partial charge in [-0.05, 0) is 34.7 Å². The first kappa shape index (κ1) is 16.7. The number of carboxylic acid groups (broad SMARTS) is 1. The van der Waals surface area contributed by atoms with Crippen molar-refractivity contribution in [3.05, 3.63) is 22.4 Å². The fourth-order valence-corrected chi connectivity index (χ4v) is 2.49. The number of likely N-dealkylation sites (N-methyl/N-ethyl adjacent to an activating group) is 1. The minimum atomic E-state index is -0.910. The molecule has 6 heteroatoms. The zero-order valence-electron chi connectivity index (χ0n) is 12.1. The van der Waals surface area contributed by atoms with Crippen molar-refractivity contribution in [2.45, 2.75) is 32.9 Å².